The number of benzene rings is 2. The first kappa shape index (κ1) is 14.1. The molecule has 2 aromatic rings. The van der Waals surface area contributed by atoms with Crippen molar-refractivity contribution in [1.29, 1.82) is 0 Å². The summed E-state index contributed by atoms with van der Waals surface area (Å²) in [6.45, 7) is 1.88. The van der Waals surface area contributed by atoms with Gasteiger partial charge >= 0.3 is 0 Å². The summed E-state index contributed by atoms with van der Waals surface area (Å²) in [5, 5.41) is 2.89. The third kappa shape index (κ3) is 3.57. The van der Waals surface area contributed by atoms with E-state index < -0.39 is 0 Å². The van der Waals surface area contributed by atoms with E-state index in [1.54, 1.807) is 18.2 Å². The molecule has 0 aromatic heterocycles. The van der Waals surface area contributed by atoms with Gasteiger partial charge in [0, 0.05) is 5.69 Å². The van der Waals surface area contributed by atoms with E-state index in [1.807, 2.05) is 25.1 Å². The first-order chi connectivity index (χ1) is 9.56. The number of nitrogens with one attached hydrogen (secondary N) is 1. The van der Waals surface area contributed by atoms with Gasteiger partial charge in [0.25, 0.3) is 0 Å². The number of nitrogen functional groups attached to an aromatic ring is 1. The fourth-order valence-corrected chi connectivity index (χ4v) is 2.06. The van der Waals surface area contributed by atoms with Gasteiger partial charge in [-0.25, -0.2) is 4.39 Å². The van der Waals surface area contributed by atoms with Gasteiger partial charge in [-0.3, -0.25) is 4.79 Å². The van der Waals surface area contributed by atoms with Crippen molar-refractivity contribution in [1.82, 2.24) is 5.32 Å². The molecule has 0 aliphatic rings. The molecule has 20 heavy (non-hydrogen) atoms. The SMILES string of the molecule is CC(NC(=O)Cc1ccc(F)cc1)c1ccccc1N. The zero-order valence-electron chi connectivity index (χ0n) is 11.3. The fraction of sp³-hybridized carbons (Fsp3) is 0.188. The Morgan fingerprint density at radius 3 is 2.50 bits per heavy atom. The first-order valence-corrected chi connectivity index (χ1v) is 6.44. The Labute approximate surface area is 117 Å². The third-order valence-electron chi connectivity index (χ3n) is 3.12. The Hall–Kier alpha value is -2.36. The van der Waals surface area contributed by atoms with E-state index in [9.17, 15) is 9.18 Å². The molecule has 0 saturated heterocycles. The minimum absolute atomic E-state index is 0.118. The maximum atomic E-state index is 12.8. The topological polar surface area (TPSA) is 55.1 Å². The molecule has 4 heteroatoms. The molecule has 1 atom stereocenters. The number of hydrogen-bond acceptors (Lipinski definition) is 2. The minimum atomic E-state index is -0.306. The Morgan fingerprint density at radius 2 is 1.85 bits per heavy atom. The molecule has 0 radical (unpaired) electrons. The lowest BCUT2D eigenvalue weighted by Gasteiger charge is -2.16. The standard InChI is InChI=1S/C16H17FN2O/c1-11(14-4-2-3-5-15(14)18)19-16(20)10-12-6-8-13(17)9-7-12/h2-9,11H,10,18H2,1H3,(H,19,20). The molecule has 0 aliphatic carbocycles. The lowest BCUT2D eigenvalue weighted by Crippen LogP contribution is -2.28. The molecule has 0 aliphatic heterocycles. The van der Waals surface area contributed by atoms with Gasteiger partial charge in [0.1, 0.15) is 5.82 Å². The average molecular weight is 272 g/mol. The van der Waals surface area contributed by atoms with Gasteiger partial charge < -0.3 is 11.1 Å². The molecule has 0 heterocycles. The molecule has 1 unspecified atom stereocenters. The maximum Gasteiger partial charge on any atom is 0.224 e. The number of anilines is 1. The van der Waals surface area contributed by atoms with Crippen molar-refractivity contribution < 1.29 is 9.18 Å². The number of rotatable bonds is 4. The zero-order chi connectivity index (χ0) is 14.5. The van der Waals surface area contributed by atoms with E-state index in [4.69, 9.17) is 5.73 Å². The predicted molar refractivity (Wildman–Crippen MR) is 77.5 cm³/mol. The molecule has 0 spiro atoms. The Morgan fingerprint density at radius 1 is 1.20 bits per heavy atom. The van der Waals surface area contributed by atoms with Gasteiger partial charge in [0.05, 0.1) is 12.5 Å². The second-order valence-electron chi connectivity index (χ2n) is 4.72. The molecular weight excluding hydrogens is 255 g/mol. The van der Waals surface area contributed by atoms with Crippen LogP contribution in [0.1, 0.15) is 24.1 Å². The van der Waals surface area contributed by atoms with Crippen LogP contribution in [-0.2, 0) is 11.2 Å². The Kier molecular flexibility index (Phi) is 4.35. The molecule has 0 fully saturated rings. The molecule has 2 aromatic carbocycles. The second-order valence-corrected chi connectivity index (χ2v) is 4.72. The highest BCUT2D eigenvalue weighted by Gasteiger charge is 2.12. The highest BCUT2D eigenvalue weighted by molar-refractivity contribution is 5.79. The lowest BCUT2D eigenvalue weighted by molar-refractivity contribution is -0.121. The van der Waals surface area contributed by atoms with Crippen LogP contribution < -0.4 is 11.1 Å². The lowest BCUT2D eigenvalue weighted by atomic mass is 10.1. The van der Waals surface area contributed by atoms with Gasteiger partial charge in [-0.1, -0.05) is 30.3 Å². The average Bonchev–Trinajstić information content (AvgIpc) is 2.41. The van der Waals surface area contributed by atoms with E-state index in [2.05, 4.69) is 5.32 Å². The predicted octanol–water partition coefficient (Wildman–Crippen LogP) is 2.83. The number of carbonyl (C=O) groups excluding carboxylic acids is 1. The molecule has 3 N–H and O–H groups in total. The van der Waals surface area contributed by atoms with Crippen LogP contribution in [0.4, 0.5) is 10.1 Å². The molecule has 104 valence electrons. The van der Waals surface area contributed by atoms with Crippen LogP contribution in [0.15, 0.2) is 48.5 Å². The van der Waals surface area contributed by atoms with Gasteiger partial charge in [-0.2, -0.15) is 0 Å². The summed E-state index contributed by atoms with van der Waals surface area (Å²) in [5.74, 6) is -0.424. The van der Waals surface area contributed by atoms with Crippen molar-refractivity contribution in [3.05, 3.63) is 65.5 Å². The number of para-hydroxylation sites is 1. The molecule has 1 amide bonds. The second kappa shape index (κ2) is 6.19. The van der Waals surface area contributed by atoms with E-state index in [1.165, 1.54) is 12.1 Å². The van der Waals surface area contributed by atoms with Crippen molar-refractivity contribution in [2.24, 2.45) is 0 Å². The van der Waals surface area contributed by atoms with Crippen LogP contribution in [0, 0.1) is 5.82 Å². The third-order valence-corrected chi connectivity index (χ3v) is 3.12. The highest BCUT2D eigenvalue weighted by atomic mass is 19.1. The largest absolute Gasteiger partial charge is 0.398 e. The van der Waals surface area contributed by atoms with Gasteiger partial charge in [0.2, 0.25) is 5.91 Å². The number of nitrogens with two attached hydrogens (primary N) is 1. The smallest absolute Gasteiger partial charge is 0.224 e. The summed E-state index contributed by atoms with van der Waals surface area (Å²) in [4.78, 5) is 11.9. The normalized spacial score (nSPS) is 11.9. The zero-order valence-corrected chi connectivity index (χ0v) is 11.3. The van der Waals surface area contributed by atoms with Crippen molar-refractivity contribution in [2.45, 2.75) is 19.4 Å². The summed E-state index contributed by atoms with van der Waals surface area (Å²) in [6.07, 6.45) is 0.220. The number of carbonyl (C=O) groups is 1. The monoisotopic (exact) mass is 272 g/mol. The molecule has 0 saturated carbocycles. The van der Waals surface area contributed by atoms with Gasteiger partial charge in [-0.05, 0) is 36.2 Å². The quantitative estimate of drug-likeness (QED) is 0.841. The van der Waals surface area contributed by atoms with E-state index in [0.717, 1.165) is 11.1 Å². The minimum Gasteiger partial charge on any atom is -0.398 e. The summed E-state index contributed by atoms with van der Waals surface area (Å²) in [5.41, 5.74) is 8.19. The number of hydrogen-bond donors (Lipinski definition) is 2. The van der Waals surface area contributed by atoms with Gasteiger partial charge in [-0.15, -0.1) is 0 Å². The van der Waals surface area contributed by atoms with Crippen LogP contribution in [0.2, 0.25) is 0 Å². The van der Waals surface area contributed by atoms with Crippen molar-refractivity contribution in [3.8, 4) is 0 Å². The van der Waals surface area contributed by atoms with Crippen molar-refractivity contribution in [2.75, 3.05) is 5.73 Å². The van der Waals surface area contributed by atoms with Crippen LogP contribution in [-0.4, -0.2) is 5.91 Å². The Bertz CT molecular complexity index is 596. The summed E-state index contributed by atoms with van der Waals surface area (Å²) in [6, 6.07) is 13.2. The van der Waals surface area contributed by atoms with Crippen molar-refractivity contribution in [3.63, 3.8) is 0 Å². The molecule has 3 nitrogen and oxygen atoms in total. The maximum absolute atomic E-state index is 12.8. The Balaban J connectivity index is 1.98. The van der Waals surface area contributed by atoms with Crippen LogP contribution in [0.5, 0.6) is 0 Å². The molecular formula is C16H17FN2O. The van der Waals surface area contributed by atoms with E-state index in [0.29, 0.717) is 5.69 Å². The van der Waals surface area contributed by atoms with Crippen LogP contribution >= 0.6 is 0 Å². The van der Waals surface area contributed by atoms with E-state index >= 15 is 0 Å². The van der Waals surface area contributed by atoms with E-state index in [-0.39, 0.29) is 24.2 Å². The van der Waals surface area contributed by atoms with Crippen LogP contribution in [0.25, 0.3) is 0 Å². The van der Waals surface area contributed by atoms with Gasteiger partial charge in [0.15, 0.2) is 0 Å². The highest BCUT2D eigenvalue weighted by Crippen LogP contribution is 2.19. The molecule has 2 rings (SSSR count). The summed E-state index contributed by atoms with van der Waals surface area (Å²) >= 11 is 0. The summed E-state index contributed by atoms with van der Waals surface area (Å²) in [7, 11) is 0. The number of halogens is 1. The van der Waals surface area contributed by atoms with Crippen molar-refractivity contribution >= 4 is 11.6 Å². The fourth-order valence-electron chi connectivity index (χ4n) is 2.06. The number of amides is 1. The molecule has 0 bridgehead atoms. The summed E-state index contributed by atoms with van der Waals surface area (Å²) < 4.78 is 12.8. The van der Waals surface area contributed by atoms with Crippen LogP contribution in [0.3, 0.4) is 0 Å². The first-order valence-electron chi connectivity index (χ1n) is 6.44.